The first-order valence-corrected chi connectivity index (χ1v) is 5.35. The molecule has 0 aliphatic rings. The third-order valence-corrected chi connectivity index (χ3v) is 2.24. The molecule has 0 radical (unpaired) electrons. The molecule has 0 spiro atoms. The predicted molar refractivity (Wildman–Crippen MR) is 68.5 cm³/mol. The molecule has 0 fully saturated rings. The molecular weight excluding hydrogens is 202 g/mol. The summed E-state index contributed by atoms with van der Waals surface area (Å²) in [5.41, 5.74) is 6.55. The van der Waals surface area contributed by atoms with Crippen LogP contribution in [-0.2, 0) is 0 Å². The number of anilines is 2. The van der Waals surface area contributed by atoms with Gasteiger partial charge in [0, 0.05) is 24.5 Å². The van der Waals surface area contributed by atoms with Crippen LogP contribution < -0.4 is 11.1 Å². The molecular formula is C12H21N3O. The van der Waals surface area contributed by atoms with E-state index in [9.17, 15) is 5.11 Å². The topological polar surface area (TPSA) is 61.5 Å². The summed E-state index contributed by atoms with van der Waals surface area (Å²) in [5, 5.41) is 13.3. The molecule has 4 N–H and O–H groups in total. The fraction of sp³-hybridized carbons (Fsp3) is 0.500. The molecule has 1 aromatic carbocycles. The molecule has 1 atom stereocenters. The van der Waals surface area contributed by atoms with Crippen molar-refractivity contribution >= 4 is 11.4 Å². The number of hydrogen-bond donors (Lipinski definition) is 3. The van der Waals surface area contributed by atoms with Crippen molar-refractivity contribution in [2.24, 2.45) is 0 Å². The average Bonchev–Trinajstić information content (AvgIpc) is 2.15. The number of rotatable bonds is 5. The zero-order valence-corrected chi connectivity index (χ0v) is 10.2. The second-order valence-corrected chi connectivity index (χ2v) is 4.71. The van der Waals surface area contributed by atoms with Crippen LogP contribution in [0.15, 0.2) is 24.3 Å². The largest absolute Gasteiger partial charge is 0.399 e. The van der Waals surface area contributed by atoms with Crippen LogP contribution in [0.3, 0.4) is 0 Å². The monoisotopic (exact) mass is 223 g/mol. The van der Waals surface area contributed by atoms with Gasteiger partial charge < -0.3 is 21.1 Å². The van der Waals surface area contributed by atoms with E-state index < -0.39 is 5.60 Å². The number of nitrogens with zero attached hydrogens (tertiary/aromatic N) is 1. The second-order valence-electron chi connectivity index (χ2n) is 4.71. The molecule has 1 unspecified atom stereocenters. The first kappa shape index (κ1) is 12.8. The van der Waals surface area contributed by atoms with E-state index >= 15 is 0 Å². The Balaban J connectivity index is 2.47. The van der Waals surface area contributed by atoms with Crippen molar-refractivity contribution in [2.75, 3.05) is 38.2 Å². The van der Waals surface area contributed by atoms with Crippen molar-refractivity contribution < 1.29 is 5.11 Å². The second kappa shape index (κ2) is 5.18. The summed E-state index contributed by atoms with van der Waals surface area (Å²) in [7, 11) is 3.88. The Morgan fingerprint density at radius 2 is 1.88 bits per heavy atom. The molecule has 4 nitrogen and oxygen atoms in total. The van der Waals surface area contributed by atoms with E-state index in [1.807, 2.05) is 50.2 Å². The van der Waals surface area contributed by atoms with E-state index in [-0.39, 0.29) is 0 Å². The van der Waals surface area contributed by atoms with Gasteiger partial charge >= 0.3 is 0 Å². The molecule has 0 aliphatic heterocycles. The molecule has 0 amide bonds. The van der Waals surface area contributed by atoms with Crippen LogP contribution in [0.25, 0.3) is 0 Å². The lowest BCUT2D eigenvalue weighted by molar-refractivity contribution is 0.0460. The summed E-state index contributed by atoms with van der Waals surface area (Å²) in [6.07, 6.45) is 0. The van der Waals surface area contributed by atoms with Crippen LogP contribution >= 0.6 is 0 Å². The van der Waals surface area contributed by atoms with Gasteiger partial charge in [-0.25, -0.2) is 0 Å². The number of hydrogen-bond acceptors (Lipinski definition) is 4. The van der Waals surface area contributed by atoms with Gasteiger partial charge in [0.2, 0.25) is 0 Å². The van der Waals surface area contributed by atoms with Crippen molar-refractivity contribution in [3.05, 3.63) is 24.3 Å². The van der Waals surface area contributed by atoms with Crippen LogP contribution in [0.2, 0.25) is 0 Å². The highest BCUT2D eigenvalue weighted by atomic mass is 16.3. The minimum atomic E-state index is -0.745. The molecule has 0 saturated heterocycles. The Hall–Kier alpha value is -1.26. The molecule has 0 aromatic heterocycles. The minimum absolute atomic E-state index is 0.509. The first-order valence-electron chi connectivity index (χ1n) is 5.35. The Morgan fingerprint density at radius 1 is 1.31 bits per heavy atom. The number of nitrogens with one attached hydrogen (secondary N) is 1. The van der Waals surface area contributed by atoms with E-state index in [0.29, 0.717) is 13.1 Å². The molecule has 0 saturated carbocycles. The summed E-state index contributed by atoms with van der Waals surface area (Å²) in [5.74, 6) is 0. The maximum absolute atomic E-state index is 10.1. The van der Waals surface area contributed by atoms with E-state index in [4.69, 9.17) is 5.73 Å². The lowest BCUT2D eigenvalue weighted by Gasteiger charge is -2.27. The average molecular weight is 223 g/mol. The highest BCUT2D eigenvalue weighted by molar-refractivity contribution is 5.51. The molecule has 0 heterocycles. The van der Waals surface area contributed by atoms with Crippen LogP contribution in [0.5, 0.6) is 0 Å². The van der Waals surface area contributed by atoms with Crippen molar-refractivity contribution in [3.8, 4) is 0 Å². The summed E-state index contributed by atoms with van der Waals surface area (Å²) in [4.78, 5) is 1.96. The minimum Gasteiger partial charge on any atom is -0.399 e. The van der Waals surface area contributed by atoms with Crippen molar-refractivity contribution in [2.45, 2.75) is 12.5 Å². The van der Waals surface area contributed by atoms with E-state index in [0.717, 1.165) is 11.4 Å². The van der Waals surface area contributed by atoms with Gasteiger partial charge in [-0.2, -0.15) is 0 Å². The number of nitrogens with two attached hydrogens (primary N) is 1. The van der Waals surface area contributed by atoms with Gasteiger partial charge in [-0.05, 0) is 45.3 Å². The highest BCUT2D eigenvalue weighted by Crippen LogP contribution is 2.12. The van der Waals surface area contributed by atoms with Gasteiger partial charge in [0.1, 0.15) is 0 Å². The summed E-state index contributed by atoms with van der Waals surface area (Å²) < 4.78 is 0. The number of benzene rings is 1. The molecule has 1 rings (SSSR count). The van der Waals surface area contributed by atoms with Crippen LogP contribution in [0.1, 0.15) is 6.92 Å². The zero-order valence-electron chi connectivity index (χ0n) is 10.2. The van der Waals surface area contributed by atoms with Crippen molar-refractivity contribution in [1.29, 1.82) is 0 Å². The Kier molecular flexibility index (Phi) is 4.15. The molecule has 1 aromatic rings. The van der Waals surface area contributed by atoms with Gasteiger partial charge in [-0.1, -0.05) is 0 Å². The number of nitrogen functional groups attached to an aromatic ring is 1. The fourth-order valence-electron chi connectivity index (χ4n) is 1.63. The van der Waals surface area contributed by atoms with Crippen molar-refractivity contribution in [3.63, 3.8) is 0 Å². The number of aliphatic hydroxyl groups is 1. The summed E-state index contributed by atoms with van der Waals surface area (Å²) in [6, 6.07) is 7.48. The van der Waals surface area contributed by atoms with Crippen molar-refractivity contribution in [1.82, 2.24) is 4.90 Å². The standard InChI is InChI=1S/C12H21N3O/c1-12(16,9-15(2)3)8-14-11-6-4-10(13)5-7-11/h4-7,14,16H,8-9,13H2,1-3H3. The summed E-state index contributed by atoms with van der Waals surface area (Å²) >= 11 is 0. The third-order valence-electron chi connectivity index (χ3n) is 2.24. The zero-order chi connectivity index (χ0) is 12.2. The number of likely N-dealkylation sites (N-methyl/N-ethyl adjacent to an activating group) is 1. The van der Waals surface area contributed by atoms with Crippen LogP contribution in [0, 0.1) is 0 Å². The molecule has 4 heteroatoms. The summed E-state index contributed by atoms with van der Waals surface area (Å²) in [6.45, 7) is 2.95. The predicted octanol–water partition coefficient (Wildman–Crippen LogP) is 0.993. The molecule has 90 valence electrons. The maximum atomic E-state index is 10.1. The van der Waals surface area contributed by atoms with Gasteiger partial charge in [0.15, 0.2) is 0 Å². The van der Waals surface area contributed by atoms with E-state index in [1.54, 1.807) is 0 Å². The van der Waals surface area contributed by atoms with Gasteiger partial charge in [-0.15, -0.1) is 0 Å². The SMILES string of the molecule is CN(C)CC(C)(O)CNc1ccc(N)cc1. The first-order chi connectivity index (χ1) is 7.39. The smallest absolute Gasteiger partial charge is 0.0917 e. The van der Waals surface area contributed by atoms with Gasteiger partial charge in [0.25, 0.3) is 0 Å². The van der Waals surface area contributed by atoms with Gasteiger partial charge in [-0.3, -0.25) is 0 Å². The Morgan fingerprint density at radius 3 is 2.38 bits per heavy atom. The van der Waals surface area contributed by atoms with Gasteiger partial charge in [0.05, 0.1) is 5.60 Å². The Bertz CT molecular complexity index is 320. The normalized spacial score (nSPS) is 14.8. The quantitative estimate of drug-likeness (QED) is 0.652. The fourth-order valence-corrected chi connectivity index (χ4v) is 1.63. The Labute approximate surface area is 97.1 Å². The van der Waals surface area contributed by atoms with Crippen LogP contribution in [0.4, 0.5) is 11.4 Å². The van der Waals surface area contributed by atoms with E-state index in [1.165, 1.54) is 0 Å². The molecule has 0 aliphatic carbocycles. The maximum Gasteiger partial charge on any atom is 0.0917 e. The molecule has 0 bridgehead atoms. The third kappa shape index (κ3) is 4.51. The lowest BCUT2D eigenvalue weighted by Crippen LogP contribution is -2.43. The van der Waals surface area contributed by atoms with Crippen LogP contribution in [-0.4, -0.2) is 42.8 Å². The lowest BCUT2D eigenvalue weighted by atomic mass is 10.1. The van der Waals surface area contributed by atoms with E-state index in [2.05, 4.69) is 5.32 Å². The highest BCUT2D eigenvalue weighted by Gasteiger charge is 2.20. The molecule has 16 heavy (non-hydrogen) atoms.